The van der Waals surface area contributed by atoms with Gasteiger partial charge in [-0.2, -0.15) is 26.3 Å². The smallest absolute Gasteiger partial charge is 0.330 e. The zero-order valence-corrected chi connectivity index (χ0v) is 9.70. The molecule has 0 fully saturated rings. The molecule has 0 aromatic rings. The third-order valence-electron chi connectivity index (χ3n) is 0.856. The number of hydrogen-bond donors (Lipinski definition) is 2. The molecule has 0 aromatic carbocycles. The number of halogens is 8. The summed E-state index contributed by atoms with van der Waals surface area (Å²) in [5.74, 6) is 0. The Kier molecular flexibility index (Phi) is 18.1. The quantitative estimate of drug-likeness (QED) is 0.770. The van der Waals surface area contributed by atoms with Crippen molar-refractivity contribution >= 4 is 24.8 Å². The minimum Gasteiger partial charge on any atom is -0.330 e. The fourth-order valence-corrected chi connectivity index (χ4v) is 0.327. The van der Waals surface area contributed by atoms with E-state index in [0.717, 1.165) is 0 Å². The van der Waals surface area contributed by atoms with Crippen molar-refractivity contribution in [3.8, 4) is 0 Å². The summed E-state index contributed by atoms with van der Waals surface area (Å²) in [6, 6.07) is 0. The average molecular weight is 299 g/mol. The Morgan fingerprint density at radius 3 is 0.812 bits per heavy atom. The van der Waals surface area contributed by atoms with Crippen LogP contribution in [0.2, 0.25) is 0 Å². The van der Waals surface area contributed by atoms with Gasteiger partial charge in [0.1, 0.15) is 0 Å². The van der Waals surface area contributed by atoms with Crippen LogP contribution in [-0.4, -0.2) is 25.4 Å². The Hall–Kier alpha value is 0.0800. The van der Waals surface area contributed by atoms with Gasteiger partial charge in [-0.25, -0.2) is 0 Å². The van der Waals surface area contributed by atoms with Gasteiger partial charge in [0.05, 0.1) is 12.8 Å². The fourth-order valence-electron chi connectivity index (χ4n) is 0.327. The fraction of sp³-hybridized carbons (Fsp3) is 1.00. The lowest BCUT2D eigenvalue weighted by molar-refractivity contribution is -0.133. The van der Waals surface area contributed by atoms with Crippen LogP contribution in [0.15, 0.2) is 0 Å². The zero-order valence-electron chi connectivity index (χ0n) is 8.07. The molecule has 0 aliphatic rings. The van der Waals surface area contributed by atoms with Crippen molar-refractivity contribution in [2.24, 2.45) is 11.5 Å². The molecule has 16 heavy (non-hydrogen) atoms. The highest BCUT2D eigenvalue weighted by Crippen LogP contribution is 2.17. The first-order valence-corrected chi connectivity index (χ1v) is 3.66. The summed E-state index contributed by atoms with van der Waals surface area (Å²) in [6.45, 7) is -0.632. The summed E-state index contributed by atoms with van der Waals surface area (Å²) in [4.78, 5) is 0. The van der Waals surface area contributed by atoms with E-state index in [1.54, 1.807) is 0 Å². The molecular formula is C6H14Cl2F6N2. The predicted octanol–water partition coefficient (Wildman–Crippen LogP) is 2.64. The molecule has 0 rings (SSSR count). The van der Waals surface area contributed by atoms with Crippen LogP contribution in [-0.2, 0) is 0 Å². The summed E-state index contributed by atoms with van der Waals surface area (Å²) >= 11 is 0. The number of hydrogen-bond acceptors (Lipinski definition) is 2. The molecular weight excluding hydrogens is 285 g/mol. The molecule has 0 atom stereocenters. The molecule has 2 nitrogen and oxygen atoms in total. The highest BCUT2D eigenvalue weighted by Gasteiger charge is 2.25. The summed E-state index contributed by atoms with van der Waals surface area (Å²) in [5, 5.41) is 0. The van der Waals surface area contributed by atoms with Crippen LogP contribution < -0.4 is 11.5 Å². The van der Waals surface area contributed by atoms with Crippen LogP contribution in [0, 0.1) is 0 Å². The lowest BCUT2D eigenvalue weighted by Gasteiger charge is -2.00. The minimum atomic E-state index is -4.07. The number of nitrogens with two attached hydrogens (primary N) is 2. The van der Waals surface area contributed by atoms with E-state index in [4.69, 9.17) is 0 Å². The first-order valence-electron chi connectivity index (χ1n) is 3.66. The molecule has 0 radical (unpaired) electrons. The normalized spacial score (nSPS) is 10.5. The van der Waals surface area contributed by atoms with E-state index in [9.17, 15) is 26.3 Å². The molecule has 10 heteroatoms. The van der Waals surface area contributed by atoms with Gasteiger partial charge in [-0.3, -0.25) is 0 Å². The standard InChI is InChI=1S/2C3H6F3N.2ClH/c2*4-3(5,6)1-2-7;;/h2*1-2,7H2;2*1H. The Morgan fingerprint density at radius 1 is 0.625 bits per heavy atom. The monoisotopic (exact) mass is 298 g/mol. The SMILES string of the molecule is Cl.Cl.NCCC(F)(F)F.NCCC(F)(F)F. The maximum absolute atomic E-state index is 11.0. The van der Waals surface area contributed by atoms with Crippen molar-refractivity contribution in [1.29, 1.82) is 0 Å². The Bertz CT molecular complexity index is 122. The maximum atomic E-state index is 11.0. The lowest BCUT2D eigenvalue weighted by atomic mass is 10.4. The minimum absolute atomic E-state index is 0. The molecule has 104 valence electrons. The highest BCUT2D eigenvalue weighted by molar-refractivity contribution is 5.85. The van der Waals surface area contributed by atoms with E-state index in [1.165, 1.54) is 0 Å². The Balaban J connectivity index is -0.0000000800. The van der Waals surface area contributed by atoms with Gasteiger partial charge < -0.3 is 11.5 Å². The van der Waals surface area contributed by atoms with Crippen molar-refractivity contribution in [2.75, 3.05) is 13.1 Å². The van der Waals surface area contributed by atoms with Crippen LogP contribution >= 0.6 is 24.8 Å². The molecule has 0 saturated carbocycles. The van der Waals surface area contributed by atoms with Gasteiger partial charge in [0.2, 0.25) is 0 Å². The molecule has 0 aromatic heterocycles. The van der Waals surface area contributed by atoms with Gasteiger partial charge in [0, 0.05) is 13.1 Å². The van der Waals surface area contributed by atoms with Gasteiger partial charge in [-0.15, -0.1) is 24.8 Å². The summed E-state index contributed by atoms with van der Waals surface area (Å²) in [6.07, 6.45) is -9.91. The third-order valence-corrected chi connectivity index (χ3v) is 0.856. The van der Waals surface area contributed by atoms with E-state index in [2.05, 4.69) is 11.5 Å². The molecule has 0 heterocycles. The lowest BCUT2D eigenvalue weighted by Crippen LogP contribution is -2.14. The van der Waals surface area contributed by atoms with E-state index < -0.39 is 25.2 Å². The maximum Gasteiger partial charge on any atom is 0.390 e. The molecule has 0 saturated heterocycles. The number of alkyl halides is 6. The highest BCUT2D eigenvalue weighted by atomic mass is 35.5. The summed E-state index contributed by atoms with van der Waals surface area (Å²) in [7, 11) is 0. The van der Waals surface area contributed by atoms with Crippen LogP contribution in [0.1, 0.15) is 12.8 Å². The van der Waals surface area contributed by atoms with E-state index in [-0.39, 0.29) is 37.9 Å². The van der Waals surface area contributed by atoms with Crippen LogP contribution in [0.5, 0.6) is 0 Å². The summed E-state index contributed by atoms with van der Waals surface area (Å²) in [5.41, 5.74) is 9.19. The molecule has 0 spiro atoms. The number of rotatable bonds is 2. The largest absolute Gasteiger partial charge is 0.390 e. The van der Waals surface area contributed by atoms with Crippen LogP contribution in [0.4, 0.5) is 26.3 Å². The molecule has 0 unspecified atom stereocenters. The summed E-state index contributed by atoms with van der Waals surface area (Å²) < 4.78 is 65.9. The third kappa shape index (κ3) is 36.9. The van der Waals surface area contributed by atoms with E-state index in [0.29, 0.717) is 0 Å². The Morgan fingerprint density at radius 2 is 0.812 bits per heavy atom. The van der Waals surface area contributed by atoms with E-state index in [1.807, 2.05) is 0 Å². The second-order valence-electron chi connectivity index (χ2n) is 2.31. The molecule has 0 amide bonds. The molecule has 0 aliphatic carbocycles. The predicted molar refractivity (Wildman–Crippen MR) is 53.9 cm³/mol. The zero-order chi connectivity index (χ0) is 11.8. The van der Waals surface area contributed by atoms with Gasteiger partial charge in [-0.1, -0.05) is 0 Å². The van der Waals surface area contributed by atoms with Crippen molar-refractivity contribution in [3.63, 3.8) is 0 Å². The van der Waals surface area contributed by atoms with Gasteiger partial charge in [-0.05, 0) is 0 Å². The van der Waals surface area contributed by atoms with E-state index >= 15 is 0 Å². The van der Waals surface area contributed by atoms with Gasteiger partial charge in [0.25, 0.3) is 0 Å². The topological polar surface area (TPSA) is 52.0 Å². The molecule has 0 aliphatic heterocycles. The van der Waals surface area contributed by atoms with Crippen molar-refractivity contribution in [1.82, 2.24) is 0 Å². The van der Waals surface area contributed by atoms with Gasteiger partial charge in [0.15, 0.2) is 0 Å². The van der Waals surface area contributed by atoms with Crippen LogP contribution in [0.25, 0.3) is 0 Å². The first-order chi connectivity index (χ1) is 6.12. The van der Waals surface area contributed by atoms with Crippen molar-refractivity contribution in [2.45, 2.75) is 25.2 Å². The van der Waals surface area contributed by atoms with Crippen LogP contribution in [0.3, 0.4) is 0 Å². The second kappa shape index (κ2) is 11.6. The molecule has 0 bridgehead atoms. The average Bonchev–Trinajstić information content (AvgIpc) is 1.81. The first kappa shape index (κ1) is 25.1. The van der Waals surface area contributed by atoms with Crippen molar-refractivity contribution in [3.05, 3.63) is 0 Å². The molecule has 4 N–H and O–H groups in total. The second-order valence-corrected chi connectivity index (χ2v) is 2.31. The Labute approximate surface area is 102 Å². The van der Waals surface area contributed by atoms with Crippen molar-refractivity contribution < 1.29 is 26.3 Å². The van der Waals surface area contributed by atoms with Gasteiger partial charge >= 0.3 is 12.4 Å².